The number of primary amides is 1. The summed E-state index contributed by atoms with van der Waals surface area (Å²) in [5.74, 6) is -1.13. The molecule has 5 rings (SSSR count). The molecule has 4 aliphatic rings. The van der Waals surface area contributed by atoms with Gasteiger partial charge in [0, 0.05) is 17.8 Å². The number of halogens is 2. The standard InChI is InChI=1S/C19H17F2N7O/c20-11-4-3-10(6-12(11)21)25-19-27-17-15(23-7-24-17)18(28-19)26-14-9-2-1-8(5-9)13(14)16(22)29/h1-4,6-9,13-14H,5H2,(H2,22,29)(H3,23,24,25,26,27,28). The first kappa shape index (κ1) is 17.5. The zero-order chi connectivity index (χ0) is 20.1. The first-order chi connectivity index (χ1) is 14.0. The highest BCUT2D eigenvalue weighted by Crippen LogP contribution is 2.45. The van der Waals surface area contributed by atoms with Gasteiger partial charge in [0.15, 0.2) is 17.5 Å². The highest BCUT2D eigenvalue weighted by molar-refractivity contribution is 5.80. The molecule has 1 amide bonds. The number of aromatic nitrogens is 4. The van der Waals surface area contributed by atoms with Crippen LogP contribution in [-0.2, 0) is 4.79 Å². The maximum Gasteiger partial charge on any atom is 0.223 e. The predicted octanol–water partition coefficient (Wildman–Crippen LogP) is 2.41. The summed E-state index contributed by atoms with van der Waals surface area (Å²) in [7, 11) is 0. The molecule has 8 nitrogen and oxygen atoms in total. The van der Waals surface area contributed by atoms with E-state index >= 15 is 0 Å². The molecule has 148 valence electrons. The van der Waals surface area contributed by atoms with Gasteiger partial charge in [-0.3, -0.25) is 4.79 Å². The average Bonchev–Trinajstić information content (AvgIpc) is 3.40. The van der Waals surface area contributed by atoms with Crippen LogP contribution in [0.15, 0.2) is 36.7 Å². The van der Waals surface area contributed by atoms with Crippen LogP contribution in [0.25, 0.3) is 11.5 Å². The normalized spacial score (nSPS) is 24.9. The number of fused-ring (bicyclic) bond motifs is 3. The minimum atomic E-state index is -0.972. The van der Waals surface area contributed by atoms with E-state index in [0.717, 1.165) is 18.6 Å². The van der Waals surface area contributed by atoms with Crippen molar-refractivity contribution < 1.29 is 13.6 Å². The van der Waals surface area contributed by atoms with Gasteiger partial charge in [-0.1, -0.05) is 12.2 Å². The van der Waals surface area contributed by atoms with Crippen molar-refractivity contribution >= 4 is 23.4 Å². The van der Waals surface area contributed by atoms with Gasteiger partial charge in [-0.05, 0) is 30.4 Å². The summed E-state index contributed by atoms with van der Waals surface area (Å²) in [6, 6.07) is 3.27. The first-order valence-electron chi connectivity index (χ1n) is 9.16. The van der Waals surface area contributed by atoms with E-state index in [1.54, 1.807) is 0 Å². The van der Waals surface area contributed by atoms with Crippen LogP contribution < -0.4 is 16.4 Å². The molecule has 2 bridgehead atoms. The average molecular weight is 397 g/mol. The molecular weight excluding hydrogens is 380 g/mol. The summed E-state index contributed by atoms with van der Waals surface area (Å²) in [5, 5.41) is 6.26. The fourth-order valence-corrected chi connectivity index (χ4v) is 4.28. The minimum Gasteiger partial charge on any atom is -0.369 e. The van der Waals surface area contributed by atoms with Gasteiger partial charge >= 0.3 is 0 Å². The molecule has 1 aromatic rings. The number of amides is 1. The van der Waals surface area contributed by atoms with Gasteiger partial charge in [0.25, 0.3) is 0 Å². The fourth-order valence-electron chi connectivity index (χ4n) is 4.28. The van der Waals surface area contributed by atoms with Crippen molar-refractivity contribution in [1.29, 1.82) is 0 Å². The van der Waals surface area contributed by atoms with Gasteiger partial charge in [0.1, 0.15) is 17.8 Å². The van der Waals surface area contributed by atoms with Crippen LogP contribution in [0.3, 0.4) is 0 Å². The number of nitrogens with two attached hydrogens (primary N) is 1. The van der Waals surface area contributed by atoms with Crippen LogP contribution in [0.2, 0.25) is 0 Å². The number of anilines is 3. The number of carbonyl (C=O) groups excluding carboxylic acids is 1. The molecule has 5 N–H and O–H groups in total. The lowest BCUT2D eigenvalue weighted by atomic mass is 9.88. The number of rotatable bonds is 5. The molecule has 1 fully saturated rings. The Kier molecular flexibility index (Phi) is 3.93. The lowest BCUT2D eigenvalue weighted by Gasteiger charge is -2.28. The van der Waals surface area contributed by atoms with E-state index in [9.17, 15) is 13.6 Å². The van der Waals surface area contributed by atoms with Crippen LogP contribution in [0.5, 0.6) is 0 Å². The Bertz CT molecular complexity index is 1100. The second-order valence-electron chi connectivity index (χ2n) is 7.31. The van der Waals surface area contributed by atoms with Gasteiger partial charge < -0.3 is 21.4 Å². The molecule has 29 heavy (non-hydrogen) atoms. The fraction of sp³-hybridized carbons (Fsp3) is 0.263. The number of nitrogens with one attached hydrogen (secondary N) is 3. The lowest BCUT2D eigenvalue weighted by molar-refractivity contribution is -0.122. The number of H-pyrrole nitrogens is 1. The van der Waals surface area contributed by atoms with Crippen molar-refractivity contribution in [2.45, 2.75) is 12.5 Å². The molecule has 1 saturated carbocycles. The van der Waals surface area contributed by atoms with Gasteiger partial charge in [-0.25, -0.2) is 18.7 Å². The zero-order valence-corrected chi connectivity index (χ0v) is 15.1. The number of hydrogen-bond donors (Lipinski definition) is 4. The molecule has 2 aliphatic carbocycles. The number of aromatic amines is 1. The molecule has 10 heteroatoms. The SMILES string of the molecule is NC(=O)C1C2C=CC(C2)C1Nc1[nH]c(Nc2ccc(F)c(F)c2)nc2ncnc1-2. The van der Waals surface area contributed by atoms with Gasteiger partial charge in [-0.15, -0.1) is 0 Å². The third kappa shape index (κ3) is 2.96. The molecule has 4 unspecified atom stereocenters. The van der Waals surface area contributed by atoms with Crippen LogP contribution in [0.4, 0.5) is 26.2 Å². The van der Waals surface area contributed by atoms with Crippen LogP contribution >= 0.6 is 0 Å². The highest BCUT2D eigenvalue weighted by Gasteiger charge is 2.47. The number of carbonyl (C=O) groups is 1. The summed E-state index contributed by atoms with van der Waals surface area (Å²) in [6.07, 6.45) is 6.39. The number of nitrogens with zero attached hydrogens (tertiary/aromatic N) is 3. The van der Waals surface area contributed by atoms with Crippen molar-refractivity contribution in [3.63, 3.8) is 0 Å². The molecule has 0 radical (unpaired) electrons. The third-order valence-corrected chi connectivity index (χ3v) is 5.56. The van der Waals surface area contributed by atoms with E-state index in [1.165, 1.54) is 12.4 Å². The second-order valence-corrected chi connectivity index (χ2v) is 7.31. The van der Waals surface area contributed by atoms with Crippen molar-refractivity contribution in [2.75, 3.05) is 10.6 Å². The van der Waals surface area contributed by atoms with E-state index in [-0.39, 0.29) is 35.7 Å². The lowest BCUT2D eigenvalue weighted by Crippen LogP contribution is -2.41. The van der Waals surface area contributed by atoms with Crippen molar-refractivity contribution in [3.8, 4) is 11.5 Å². The van der Waals surface area contributed by atoms with E-state index in [0.29, 0.717) is 23.0 Å². The number of allylic oxidation sites excluding steroid dienone is 1. The maximum absolute atomic E-state index is 13.5. The van der Waals surface area contributed by atoms with Gasteiger partial charge in [0.05, 0.1) is 5.92 Å². The summed E-state index contributed by atoms with van der Waals surface area (Å²) in [5.41, 5.74) is 6.46. The first-order valence-corrected chi connectivity index (χ1v) is 9.16. The van der Waals surface area contributed by atoms with E-state index in [2.05, 4.69) is 36.6 Å². The molecule has 2 heterocycles. The van der Waals surface area contributed by atoms with E-state index in [1.807, 2.05) is 6.08 Å². The Labute approximate surface area is 164 Å². The molecular formula is C19H17F2N7O. The summed E-state index contributed by atoms with van der Waals surface area (Å²) < 4.78 is 26.7. The number of hydrogen-bond acceptors (Lipinski definition) is 6. The van der Waals surface area contributed by atoms with Gasteiger partial charge in [-0.2, -0.15) is 4.98 Å². The van der Waals surface area contributed by atoms with Crippen LogP contribution in [-0.4, -0.2) is 31.9 Å². The van der Waals surface area contributed by atoms with Crippen LogP contribution in [0, 0.1) is 29.4 Å². The Morgan fingerprint density at radius 1 is 1.17 bits per heavy atom. The quantitative estimate of drug-likeness (QED) is 0.491. The highest BCUT2D eigenvalue weighted by atomic mass is 19.2. The number of benzene rings is 1. The molecule has 4 atom stereocenters. The summed E-state index contributed by atoms with van der Waals surface area (Å²) >= 11 is 0. The van der Waals surface area contributed by atoms with E-state index < -0.39 is 11.6 Å². The summed E-state index contributed by atoms with van der Waals surface area (Å²) in [6.45, 7) is 0. The second kappa shape index (κ2) is 6.50. The monoisotopic (exact) mass is 397 g/mol. The molecule has 0 spiro atoms. The molecule has 0 aromatic heterocycles. The minimum absolute atomic E-state index is 0.123. The largest absolute Gasteiger partial charge is 0.369 e. The zero-order valence-electron chi connectivity index (χ0n) is 15.1. The van der Waals surface area contributed by atoms with E-state index in [4.69, 9.17) is 5.73 Å². The Hall–Kier alpha value is -3.56. The Morgan fingerprint density at radius 2 is 2.00 bits per heavy atom. The predicted molar refractivity (Wildman–Crippen MR) is 101 cm³/mol. The van der Waals surface area contributed by atoms with Crippen molar-refractivity contribution in [2.24, 2.45) is 23.5 Å². The topological polar surface area (TPSA) is 122 Å². The van der Waals surface area contributed by atoms with Crippen LogP contribution in [0.1, 0.15) is 6.42 Å². The molecule has 1 aromatic carbocycles. The van der Waals surface area contributed by atoms with Gasteiger partial charge in [0.2, 0.25) is 11.9 Å². The molecule has 2 aliphatic heterocycles. The third-order valence-electron chi connectivity index (χ3n) is 5.56. The summed E-state index contributed by atoms with van der Waals surface area (Å²) in [4.78, 5) is 27.7. The Balaban J connectivity index is 1.48. The maximum atomic E-state index is 13.5. The van der Waals surface area contributed by atoms with Crippen molar-refractivity contribution in [3.05, 3.63) is 48.3 Å². The molecule has 0 saturated heterocycles. The Morgan fingerprint density at radius 3 is 2.79 bits per heavy atom. The van der Waals surface area contributed by atoms with Crippen molar-refractivity contribution in [1.82, 2.24) is 19.9 Å². The smallest absolute Gasteiger partial charge is 0.223 e. The number of imidazole rings is 1.